The number of benzene rings is 1. The summed E-state index contributed by atoms with van der Waals surface area (Å²) in [7, 11) is 0. The molecule has 3 rings (SSSR count). The first-order valence-corrected chi connectivity index (χ1v) is 10.3. The van der Waals surface area contributed by atoms with E-state index in [0.29, 0.717) is 38.8 Å². The molecule has 2 aliphatic rings. The summed E-state index contributed by atoms with van der Waals surface area (Å²) in [6.07, 6.45) is -0.966. The third-order valence-electron chi connectivity index (χ3n) is 5.94. The molecular weight excluding hydrogens is 397 g/mol. The van der Waals surface area contributed by atoms with Crippen LogP contribution in [-0.2, 0) is 9.59 Å². The molecule has 0 aromatic heterocycles. The van der Waals surface area contributed by atoms with Gasteiger partial charge in [0.2, 0.25) is 0 Å². The lowest BCUT2D eigenvalue weighted by atomic mass is 10.0. The Balaban J connectivity index is 1.75. The number of amides is 1. The number of hydrogen-bond acceptors (Lipinski definition) is 3. The lowest BCUT2D eigenvalue weighted by Gasteiger charge is -2.39. The first kappa shape index (κ1) is 22.3. The summed E-state index contributed by atoms with van der Waals surface area (Å²) in [5, 5.41) is 8.92. The van der Waals surface area contributed by atoms with Crippen LogP contribution in [0.4, 0.5) is 13.2 Å². The molecule has 0 unspecified atom stereocenters. The summed E-state index contributed by atoms with van der Waals surface area (Å²) < 4.78 is 40.1. The minimum atomic E-state index is -4.92. The van der Waals surface area contributed by atoms with Crippen molar-refractivity contribution in [3.63, 3.8) is 0 Å². The number of likely N-dealkylation sites (tertiary alicyclic amines) is 1. The fourth-order valence-electron chi connectivity index (χ4n) is 4.40. The maximum atomic E-state index is 13.4. The smallest absolute Gasteiger partial charge is 0.471 e. The first-order valence-electron chi connectivity index (χ1n) is 10.3. The summed E-state index contributed by atoms with van der Waals surface area (Å²) in [5.74, 6) is -2.81. The van der Waals surface area contributed by atoms with Crippen molar-refractivity contribution in [2.45, 2.75) is 50.9 Å². The second-order valence-corrected chi connectivity index (χ2v) is 8.00. The number of alkyl halides is 3. The maximum absolute atomic E-state index is 13.4. The standard InChI is InChI=1S/C22H27F3N2O3/c1-2-16(12-15-6-4-3-5-7-15)18-13-19(18)27(21(30)22(23,24)25)17-8-10-26(11-9-17)14-20(28)29/h3-7,12,17-19H,2,8-11,13-14H2,1H3,(H,28,29)/b16-12+/t18-,19+/m1/s1. The van der Waals surface area contributed by atoms with Crippen molar-refractivity contribution in [2.24, 2.45) is 5.92 Å². The zero-order chi connectivity index (χ0) is 21.9. The number of piperidine rings is 1. The van der Waals surface area contributed by atoms with Gasteiger partial charge in [0.05, 0.1) is 6.54 Å². The van der Waals surface area contributed by atoms with Gasteiger partial charge in [0, 0.05) is 31.1 Å². The zero-order valence-corrected chi connectivity index (χ0v) is 16.9. The molecule has 8 heteroatoms. The first-order chi connectivity index (χ1) is 14.2. The molecule has 0 spiro atoms. The molecule has 2 atom stereocenters. The topological polar surface area (TPSA) is 60.9 Å². The van der Waals surface area contributed by atoms with Crippen LogP contribution in [-0.4, -0.2) is 64.7 Å². The predicted molar refractivity (Wildman–Crippen MR) is 107 cm³/mol. The van der Waals surface area contributed by atoms with Crippen LogP contribution in [0.25, 0.3) is 6.08 Å². The van der Waals surface area contributed by atoms with Gasteiger partial charge in [-0.25, -0.2) is 0 Å². The molecule has 0 bridgehead atoms. The van der Waals surface area contributed by atoms with Crippen molar-refractivity contribution in [3.8, 4) is 0 Å². The number of hydrogen-bond donors (Lipinski definition) is 1. The third-order valence-corrected chi connectivity index (χ3v) is 5.94. The molecule has 164 valence electrons. The summed E-state index contributed by atoms with van der Waals surface area (Å²) >= 11 is 0. The molecule has 1 N–H and O–H groups in total. The highest BCUT2D eigenvalue weighted by Gasteiger charge is 2.54. The molecule has 1 heterocycles. The molecule has 30 heavy (non-hydrogen) atoms. The Kier molecular flexibility index (Phi) is 6.85. The van der Waals surface area contributed by atoms with Gasteiger partial charge in [0.1, 0.15) is 0 Å². The fourth-order valence-corrected chi connectivity index (χ4v) is 4.40. The van der Waals surface area contributed by atoms with Crippen molar-refractivity contribution >= 4 is 18.0 Å². The van der Waals surface area contributed by atoms with Crippen LogP contribution in [0.15, 0.2) is 35.9 Å². The fraction of sp³-hybridized carbons (Fsp3) is 0.545. The van der Waals surface area contributed by atoms with Gasteiger partial charge in [-0.1, -0.05) is 48.9 Å². The molecule has 2 fully saturated rings. The largest absolute Gasteiger partial charge is 0.480 e. The number of carbonyl (C=O) groups excluding carboxylic acids is 1. The zero-order valence-electron chi connectivity index (χ0n) is 16.9. The lowest BCUT2D eigenvalue weighted by Crippen LogP contribution is -2.53. The summed E-state index contributed by atoms with van der Waals surface area (Å²) in [5.41, 5.74) is 2.05. The van der Waals surface area contributed by atoms with Crippen LogP contribution in [0.2, 0.25) is 0 Å². The summed E-state index contributed by atoms with van der Waals surface area (Å²) in [6, 6.07) is 8.65. The second-order valence-electron chi connectivity index (χ2n) is 8.00. The lowest BCUT2D eigenvalue weighted by molar-refractivity contribution is -0.189. The van der Waals surface area contributed by atoms with Gasteiger partial charge in [0.15, 0.2) is 0 Å². The average molecular weight is 424 g/mol. The van der Waals surface area contributed by atoms with Crippen LogP contribution in [0.3, 0.4) is 0 Å². The Morgan fingerprint density at radius 1 is 1.20 bits per heavy atom. The van der Waals surface area contributed by atoms with Crippen molar-refractivity contribution in [1.29, 1.82) is 0 Å². The maximum Gasteiger partial charge on any atom is 0.471 e. The molecule has 1 aliphatic heterocycles. The van der Waals surface area contributed by atoms with E-state index in [1.807, 2.05) is 43.3 Å². The van der Waals surface area contributed by atoms with Gasteiger partial charge in [-0.15, -0.1) is 0 Å². The Morgan fingerprint density at radius 3 is 2.37 bits per heavy atom. The molecule has 1 aromatic rings. The van der Waals surface area contributed by atoms with Crippen LogP contribution in [0, 0.1) is 5.92 Å². The van der Waals surface area contributed by atoms with Crippen LogP contribution < -0.4 is 0 Å². The molecule has 5 nitrogen and oxygen atoms in total. The van der Waals surface area contributed by atoms with E-state index in [2.05, 4.69) is 0 Å². The van der Waals surface area contributed by atoms with Gasteiger partial charge in [-0.3, -0.25) is 14.5 Å². The van der Waals surface area contributed by atoms with Crippen molar-refractivity contribution < 1.29 is 27.9 Å². The van der Waals surface area contributed by atoms with Gasteiger partial charge in [-0.2, -0.15) is 13.2 Å². The number of carboxylic acid groups (broad SMARTS) is 1. The number of aliphatic carboxylic acids is 1. The SMILES string of the molecule is CC/C(=C\c1ccccc1)[C@H]1C[C@@H]1N(C(=O)C(F)(F)F)C1CCN(CC(=O)O)CC1. The monoisotopic (exact) mass is 424 g/mol. The number of halogens is 3. The van der Waals surface area contributed by atoms with Crippen molar-refractivity contribution in [2.75, 3.05) is 19.6 Å². The van der Waals surface area contributed by atoms with E-state index in [4.69, 9.17) is 5.11 Å². The second kappa shape index (κ2) is 9.20. The van der Waals surface area contributed by atoms with E-state index in [0.717, 1.165) is 16.0 Å². The van der Waals surface area contributed by atoms with E-state index in [1.165, 1.54) is 0 Å². The molecule has 1 saturated carbocycles. The van der Waals surface area contributed by atoms with Gasteiger partial charge < -0.3 is 10.0 Å². The van der Waals surface area contributed by atoms with E-state index in [1.54, 1.807) is 4.90 Å². The Hall–Kier alpha value is -2.35. The van der Waals surface area contributed by atoms with Gasteiger partial charge in [0.25, 0.3) is 0 Å². The van der Waals surface area contributed by atoms with E-state index in [9.17, 15) is 22.8 Å². The van der Waals surface area contributed by atoms with Crippen molar-refractivity contribution in [3.05, 3.63) is 41.5 Å². The molecule has 1 amide bonds. The highest BCUT2D eigenvalue weighted by molar-refractivity contribution is 5.83. The Bertz CT molecular complexity index is 787. The highest BCUT2D eigenvalue weighted by Crippen LogP contribution is 2.46. The average Bonchev–Trinajstić information content (AvgIpc) is 3.47. The molecule has 1 saturated heterocycles. The van der Waals surface area contributed by atoms with E-state index < -0.39 is 30.1 Å². The normalized spacial score (nSPS) is 23.3. The number of carboxylic acids is 1. The van der Waals surface area contributed by atoms with E-state index >= 15 is 0 Å². The molecular formula is C22H27F3N2O3. The molecule has 1 aromatic carbocycles. The number of carbonyl (C=O) groups is 2. The predicted octanol–water partition coefficient (Wildman–Crippen LogP) is 3.81. The molecule has 1 aliphatic carbocycles. The highest BCUT2D eigenvalue weighted by atomic mass is 19.4. The minimum Gasteiger partial charge on any atom is -0.480 e. The number of nitrogens with zero attached hydrogens (tertiary/aromatic N) is 2. The van der Waals surface area contributed by atoms with Gasteiger partial charge in [-0.05, 0) is 31.2 Å². The van der Waals surface area contributed by atoms with Crippen LogP contribution in [0.1, 0.15) is 38.2 Å². The number of rotatable bonds is 7. The minimum absolute atomic E-state index is 0.0708. The quantitative estimate of drug-likeness (QED) is 0.723. The molecule has 0 radical (unpaired) electrons. The Morgan fingerprint density at radius 2 is 1.83 bits per heavy atom. The summed E-state index contributed by atoms with van der Waals surface area (Å²) in [4.78, 5) is 25.9. The van der Waals surface area contributed by atoms with Gasteiger partial charge >= 0.3 is 18.1 Å². The Labute approximate surface area is 174 Å². The van der Waals surface area contributed by atoms with E-state index in [-0.39, 0.29) is 12.5 Å². The summed E-state index contributed by atoms with van der Waals surface area (Å²) in [6.45, 7) is 2.59. The third kappa shape index (κ3) is 5.41. The van der Waals surface area contributed by atoms with Crippen LogP contribution in [0.5, 0.6) is 0 Å². The van der Waals surface area contributed by atoms with Crippen molar-refractivity contribution in [1.82, 2.24) is 9.80 Å². The van der Waals surface area contributed by atoms with Crippen LogP contribution >= 0.6 is 0 Å².